The van der Waals surface area contributed by atoms with E-state index >= 15 is 0 Å². The van der Waals surface area contributed by atoms with E-state index in [9.17, 15) is 9.59 Å². The molecule has 0 spiro atoms. The molecular weight excluding hydrogens is 316 g/mol. The largest absolute Gasteiger partial charge is 0.326 e. The number of hydrogen-bond donors (Lipinski definition) is 2. The predicted molar refractivity (Wildman–Crippen MR) is 99.9 cm³/mol. The maximum absolute atomic E-state index is 12.6. The molecule has 0 radical (unpaired) electrons. The Bertz CT molecular complexity index is 765. The summed E-state index contributed by atoms with van der Waals surface area (Å²) >= 11 is 0. The number of benzene rings is 1. The van der Waals surface area contributed by atoms with Crippen molar-refractivity contribution in [2.75, 3.05) is 10.6 Å². The third-order valence-corrected chi connectivity index (χ3v) is 4.07. The lowest BCUT2D eigenvalue weighted by atomic mass is 10.1. The molecule has 1 heterocycles. The molecule has 2 aromatic rings. The average molecular weight is 342 g/mol. The van der Waals surface area contributed by atoms with E-state index in [1.165, 1.54) is 0 Å². The van der Waals surface area contributed by atoms with Crippen molar-refractivity contribution in [1.29, 1.82) is 0 Å². The lowest BCUT2D eigenvalue weighted by Gasteiger charge is -2.09. The lowest BCUT2D eigenvalue weighted by Crippen LogP contribution is -2.15. The van der Waals surface area contributed by atoms with E-state index in [-0.39, 0.29) is 11.8 Å². The zero-order chi connectivity index (χ0) is 18.4. The van der Waals surface area contributed by atoms with Gasteiger partial charge in [0.15, 0.2) is 0 Å². The Kier molecular flexibility index (Phi) is 6.33. The fourth-order valence-electron chi connectivity index (χ4n) is 2.58. The van der Waals surface area contributed by atoms with Crippen LogP contribution in [0.15, 0.2) is 24.3 Å². The molecule has 0 aliphatic carbocycles. The highest BCUT2D eigenvalue weighted by atomic mass is 16.2. The summed E-state index contributed by atoms with van der Waals surface area (Å²) in [6, 6.07) is 6.92. The third-order valence-electron chi connectivity index (χ3n) is 4.07. The highest BCUT2D eigenvalue weighted by Crippen LogP contribution is 2.21. The standard InChI is InChI=1S/C19H26N4O2/c1-5-7-11-23-14(4)18(13(3)22-23)21-19(25)15-9-8-10-16(12-15)20-17(24)6-2/h8-10,12H,5-7,11H2,1-4H3,(H,20,24)(H,21,25). The van der Waals surface area contributed by atoms with Gasteiger partial charge in [0.1, 0.15) is 0 Å². The number of nitrogens with zero attached hydrogens (tertiary/aromatic N) is 2. The second-order valence-corrected chi connectivity index (χ2v) is 6.06. The maximum atomic E-state index is 12.6. The van der Waals surface area contributed by atoms with E-state index < -0.39 is 0 Å². The van der Waals surface area contributed by atoms with Gasteiger partial charge < -0.3 is 10.6 Å². The van der Waals surface area contributed by atoms with Crippen LogP contribution >= 0.6 is 0 Å². The first-order valence-corrected chi connectivity index (χ1v) is 8.71. The maximum Gasteiger partial charge on any atom is 0.255 e. The molecule has 1 aromatic heterocycles. The smallest absolute Gasteiger partial charge is 0.255 e. The minimum Gasteiger partial charge on any atom is -0.326 e. The minimum absolute atomic E-state index is 0.0820. The molecule has 0 saturated carbocycles. The Balaban J connectivity index is 2.16. The summed E-state index contributed by atoms with van der Waals surface area (Å²) in [6.07, 6.45) is 2.54. The van der Waals surface area contributed by atoms with Crippen molar-refractivity contribution in [3.8, 4) is 0 Å². The van der Waals surface area contributed by atoms with Crippen LogP contribution in [-0.2, 0) is 11.3 Å². The second kappa shape index (κ2) is 8.46. The number of anilines is 2. The van der Waals surface area contributed by atoms with E-state index in [0.29, 0.717) is 17.7 Å². The van der Waals surface area contributed by atoms with Crippen LogP contribution in [0.2, 0.25) is 0 Å². The number of carbonyl (C=O) groups excluding carboxylic acids is 2. The monoisotopic (exact) mass is 342 g/mol. The Hall–Kier alpha value is -2.63. The van der Waals surface area contributed by atoms with Gasteiger partial charge in [0.05, 0.1) is 17.1 Å². The zero-order valence-corrected chi connectivity index (χ0v) is 15.3. The van der Waals surface area contributed by atoms with Crippen molar-refractivity contribution in [3.05, 3.63) is 41.2 Å². The quantitative estimate of drug-likeness (QED) is 0.801. The van der Waals surface area contributed by atoms with Gasteiger partial charge in [-0.05, 0) is 38.5 Å². The second-order valence-electron chi connectivity index (χ2n) is 6.06. The minimum atomic E-state index is -0.214. The number of nitrogens with one attached hydrogen (secondary N) is 2. The molecule has 6 nitrogen and oxygen atoms in total. The van der Waals surface area contributed by atoms with Crippen molar-refractivity contribution < 1.29 is 9.59 Å². The third kappa shape index (κ3) is 4.68. The van der Waals surface area contributed by atoms with Crippen molar-refractivity contribution in [3.63, 3.8) is 0 Å². The van der Waals surface area contributed by atoms with Gasteiger partial charge in [-0.2, -0.15) is 5.10 Å². The molecule has 0 bridgehead atoms. The number of aryl methyl sites for hydroxylation is 2. The van der Waals surface area contributed by atoms with Crippen LogP contribution < -0.4 is 10.6 Å². The molecule has 0 aliphatic heterocycles. The van der Waals surface area contributed by atoms with Crippen LogP contribution in [-0.4, -0.2) is 21.6 Å². The Morgan fingerprint density at radius 3 is 2.60 bits per heavy atom. The number of rotatable bonds is 7. The van der Waals surface area contributed by atoms with Gasteiger partial charge in [-0.3, -0.25) is 14.3 Å². The van der Waals surface area contributed by atoms with Crippen LogP contribution in [0.1, 0.15) is 54.9 Å². The van der Waals surface area contributed by atoms with Crippen molar-refractivity contribution >= 4 is 23.2 Å². The summed E-state index contributed by atoms with van der Waals surface area (Å²) < 4.78 is 1.94. The molecule has 1 aromatic carbocycles. The molecule has 0 saturated heterocycles. The molecule has 6 heteroatoms. The van der Waals surface area contributed by atoms with Gasteiger partial charge in [-0.25, -0.2) is 0 Å². The van der Waals surface area contributed by atoms with E-state index in [1.807, 2.05) is 18.5 Å². The summed E-state index contributed by atoms with van der Waals surface area (Å²) in [6.45, 7) is 8.62. The number of amides is 2. The van der Waals surface area contributed by atoms with Gasteiger partial charge in [0.25, 0.3) is 5.91 Å². The first-order chi connectivity index (χ1) is 12.0. The molecule has 134 valence electrons. The van der Waals surface area contributed by atoms with Gasteiger partial charge in [-0.1, -0.05) is 26.3 Å². The first kappa shape index (κ1) is 18.7. The topological polar surface area (TPSA) is 76.0 Å². The van der Waals surface area contributed by atoms with Gasteiger partial charge in [0, 0.05) is 24.2 Å². The molecule has 0 aliphatic rings. The van der Waals surface area contributed by atoms with Crippen LogP contribution in [0.4, 0.5) is 11.4 Å². The molecular formula is C19H26N4O2. The molecule has 0 fully saturated rings. The fraction of sp³-hybridized carbons (Fsp3) is 0.421. The molecule has 25 heavy (non-hydrogen) atoms. The number of aromatic nitrogens is 2. The van der Waals surface area contributed by atoms with Crippen LogP contribution in [0, 0.1) is 13.8 Å². The van der Waals surface area contributed by atoms with E-state index in [0.717, 1.165) is 36.5 Å². The summed E-state index contributed by atoms with van der Waals surface area (Å²) in [5.74, 6) is -0.296. The number of carbonyl (C=O) groups is 2. The van der Waals surface area contributed by atoms with Crippen molar-refractivity contribution in [1.82, 2.24) is 9.78 Å². The molecule has 2 rings (SSSR count). The van der Waals surface area contributed by atoms with Gasteiger partial charge in [-0.15, -0.1) is 0 Å². The normalized spacial score (nSPS) is 10.6. The number of hydrogen-bond acceptors (Lipinski definition) is 3. The van der Waals surface area contributed by atoms with Crippen molar-refractivity contribution in [2.24, 2.45) is 0 Å². The number of unbranched alkanes of at least 4 members (excludes halogenated alkanes) is 1. The van der Waals surface area contributed by atoms with E-state index in [2.05, 4.69) is 22.7 Å². The summed E-state index contributed by atoms with van der Waals surface area (Å²) in [7, 11) is 0. The summed E-state index contributed by atoms with van der Waals surface area (Å²) in [4.78, 5) is 24.1. The Labute approximate surface area is 148 Å². The van der Waals surface area contributed by atoms with Crippen LogP contribution in [0.25, 0.3) is 0 Å². The van der Waals surface area contributed by atoms with E-state index in [1.54, 1.807) is 31.2 Å². The lowest BCUT2D eigenvalue weighted by molar-refractivity contribution is -0.115. The Morgan fingerprint density at radius 1 is 1.16 bits per heavy atom. The zero-order valence-electron chi connectivity index (χ0n) is 15.3. The average Bonchev–Trinajstić information content (AvgIpc) is 2.87. The van der Waals surface area contributed by atoms with E-state index in [4.69, 9.17) is 0 Å². The van der Waals surface area contributed by atoms with Crippen LogP contribution in [0.5, 0.6) is 0 Å². The SMILES string of the molecule is CCCCn1nc(C)c(NC(=O)c2cccc(NC(=O)CC)c2)c1C. The van der Waals surface area contributed by atoms with Crippen LogP contribution in [0.3, 0.4) is 0 Å². The van der Waals surface area contributed by atoms with Gasteiger partial charge >= 0.3 is 0 Å². The fourth-order valence-corrected chi connectivity index (χ4v) is 2.58. The Morgan fingerprint density at radius 2 is 1.92 bits per heavy atom. The predicted octanol–water partition coefficient (Wildman–Crippen LogP) is 3.90. The first-order valence-electron chi connectivity index (χ1n) is 8.71. The highest BCUT2D eigenvalue weighted by molar-refractivity contribution is 6.05. The summed E-state index contributed by atoms with van der Waals surface area (Å²) in [5.41, 5.74) is 3.62. The molecule has 0 unspecified atom stereocenters. The van der Waals surface area contributed by atoms with Gasteiger partial charge in [0.2, 0.25) is 5.91 Å². The molecule has 2 amide bonds. The van der Waals surface area contributed by atoms with Crippen molar-refractivity contribution in [2.45, 2.75) is 53.5 Å². The molecule has 0 atom stereocenters. The summed E-state index contributed by atoms with van der Waals surface area (Å²) in [5, 5.41) is 10.2. The molecule has 2 N–H and O–H groups in total. The highest BCUT2D eigenvalue weighted by Gasteiger charge is 2.15.